The number of aromatic amines is 1. The van der Waals surface area contributed by atoms with Gasteiger partial charge in [0.15, 0.2) is 0 Å². The number of nitrogens with one attached hydrogen (secondary N) is 1. The fourth-order valence-corrected chi connectivity index (χ4v) is 2.63. The molecule has 0 amide bonds. The Labute approximate surface area is 123 Å². The molecule has 0 bridgehead atoms. The van der Waals surface area contributed by atoms with Crippen molar-refractivity contribution >= 4 is 22.5 Å². The van der Waals surface area contributed by atoms with Crippen LogP contribution in [0.3, 0.4) is 0 Å². The molecule has 3 rings (SSSR count). The van der Waals surface area contributed by atoms with E-state index in [0.29, 0.717) is 27.7 Å². The largest absolute Gasteiger partial charge is 0.288 e. The van der Waals surface area contributed by atoms with Gasteiger partial charge in [0.25, 0.3) is 11.3 Å². The average molecular weight is 304 g/mol. The number of rotatable bonds is 3. The van der Waals surface area contributed by atoms with Crippen LogP contribution in [0.15, 0.2) is 58.2 Å². The molecule has 3 nitrogen and oxygen atoms in total. The summed E-state index contributed by atoms with van der Waals surface area (Å²) in [5.41, 5.74) is 1.14. The van der Waals surface area contributed by atoms with Crippen LogP contribution in [-0.4, -0.2) is 16.0 Å². The van der Waals surface area contributed by atoms with E-state index < -0.39 is 5.76 Å². The van der Waals surface area contributed by atoms with Crippen molar-refractivity contribution < 1.29 is 8.78 Å². The van der Waals surface area contributed by atoms with E-state index in [9.17, 15) is 13.6 Å². The number of H-pyrrole nitrogens is 1. The summed E-state index contributed by atoms with van der Waals surface area (Å²) in [6.45, 7) is 0. The van der Waals surface area contributed by atoms with Gasteiger partial charge in [-0.25, -0.2) is 5.10 Å². The van der Waals surface area contributed by atoms with Crippen LogP contribution in [0.1, 0.15) is 0 Å². The highest BCUT2D eigenvalue weighted by atomic mass is 32.2. The van der Waals surface area contributed by atoms with Crippen LogP contribution in [-0.2, 0) is 0 Å². The molecule has 2 aromatic carbocycles. The molecule has 0 aliphatic carbocycles. The molecule has 3 aromatic rings. The summed E-state index contributed by atoms with van der Waals surface area (Å²) in [7, 11) is 0. The van der Waals surface area contributed by atoms with Crippen molar-refractivity contribution in [3.63, 3.8) is 0 Å². The van der Waals surface area contributed by atoms with Gasteiger partial charge in [0, 0.05) is 15.8 Å². The molecule has 0 atom stereocenters. The number of alkyl halides is 2. The second kappa shape index (κ2) is 5.65. The number of aromatic nitrogens is 2. The standard InChI is InChI=1S/C15H10F2N2OS/c16-15(17)21-10-7-5-9(6-8-10)13-11-3-1-2-4-12(11)14(20)19-18-13/h1-8,15H,(H,19,20). The van der Waals surface area contributed by atoms with Gasteiger partial charge in [0.1, 0.15) is 0 Å². The van der Waals surface area contributed by atoms with Gasteiger partial charge < -0.3 is 0 Å². The number of hydrogen-bond donors (Lipinski definition) is 1. The molecular weight excluding hydrogens is 294 g/mol. The number of hydrogen-bond acceptors (Lipinski definition) is 3. The molecule has 0 saturated heterocycles. The van der Waals surface area contributed by atoms with Crippen LogP contribution in [0.4, 0.5) is 8.78 Å². The first-order valence-electron chi connectivity index (χ1n) is 6.18. The normalized spacial score (nSPS) is 11.2. The van der Waals surface area contributed by atoms with Gasteiger partial charge in [0.2, 0.25) is 0 Å². The van der Waals surface area contributed by atoms with Crippen molar-refractivity contribution in [1.82, 2.24) is 10.2 Å². The van der Waals surface area contributed by atoms with E-state index in [2.05, 4.69) is 10.2 Å². The maximum atomic E-state index is 12.3. The number of halogens is 2. The van der Waals surface area contributed by atoms with Gasteiger partial charge in [0.05, 0.1) is 11.1 Å². The number of fused-ring (bicyclic) bond motifs is 1. The predicted octanol–water partition coefficient (Wildman–Crippen LogP) is 3.90. The van der Waals surface area contributed by atoms with E-state index in [1.54, 1.807) is 36.4 Å². The van der Waals surface area contributed by atoms with E-state index in [-0.39, 0.29) is 5.56 Å². The zero-order chi connectivity index (χ0) is 14.8. The molecular formula is C15H10F2N2OS. The third-order valence-corrected chi connectivity index (χ3v) is 3.77. The maximum absolute atomic E-state index is 12.3. The molecule has 1 aromatic heterocycles. The molecule has 0 aliphatic heterocycles. The highest BCUT2D eigenvalue weighted by Crippen LogP contribution is 2.29. The minimum absolute atomic E-state index is 0.251. The minimum Gasteiger partial charge on any atom is -0.267 e. The quantitative estimate of drug-likeness (QED) is 0.746. The number of benzene rings is 2. The predicted molar refractivity (Wildman–Crippen MR) is 79.7 cm³/mol. The molecule has 21 heavy (non-hydrogen) atoms. The molecule has 0 saturated carbocycles. The summed E-state index contributed by atoms with van der Waals surface area (Å²) in [6, 6.07) is 13.8. The van der Waals surface area contributed by atoms with E-state index in [4.69, 9.17) is 0 Å². The smallest absolute Gasteiger partial charge is 0.267 e. The minimum atomic E-state index is -2.44. The molecule has 1 heterocycles. The van der Waals surface area contributed by atoms with E-state index in [1.165, 1.54) is 0 Å². The first-order valence-corrected chi connectivity index (χ1v) is 7.06. The second-order valence-electron chi connectivity index (χ2n) is 4.35. The van der Waals surface area contributed by atoms with Crippen LogP contribution in [0.25, 0.3) is 22.0 Å². The molecule has 6 heteroatoms. The molecule has 0 unspecified atom stereocenters. The summed E-state index contributed by atoms with van der Waals surface area (Å²) in [5.74, 6) is -2.44. The van der Waals surface area contributed by atoms with Gasteiger partial charge in [-0.2, -0.15) is 13.9 Å². The van der Waals surface area contributed by atoms with Crippen LogP contribution < -0.4 is 5.56 Å². The second-order valence-corrected chi connectivity index (χ2v) is 5.41. The van der Waals surface area contributed by atoms with Crippen LogP contribution in [0, 0.1) is 0 Å². The van der Waals surface area contributed by atoms with Gasteiger partial charge >= 0.3 is 0 Å². The lowest BCUT2D eigenvalue weighted by Crippen LogP contribution is -2.09. The number of thioether (sulfide) groups is 1. The Kier molecular flexibility index (Phi) is 3.70. The molecule has 0 spiro atoms. The SMILES string of the molecule is O=c1[nH]nc(-c2ccc(SC(F)F)cc2)c2ccccc12. The Balaban J connectivity index is 2.08. The lowest BCUT2D eigenvalue weighted by atomic mass is 10.1. The molecule has 0 radical (unpaired) electrons. The van der Waals surface area contributed by atoms with Crippen LogP contribution >= 0.6 is 11.8 Å². The Morgan fingerprint density at radius 2 is 1.67 bits per heavy atom. The summed E-state index contributed by atoms with van der Waals surface area (Å²) >= 11 is 0.497. The fraction of sp³-hybridized carbons (Fsp3) is 0.0667. The monoisotopic (exact) mass is 304 g/mol. The zero-order valence-corrected chi connectivity index (χ0v) is 11.5. The Bertz CT molecular complexity index is 831. The Morgan fingerprint density at radius 1 is 1.00 bits per heavy atom. The summed E-state index contributed by atoms with van der Waals surface area (Å²) < 4.78 is 24.6. The van der Waals surface area contributed by atoms with Gasteiger partial charge in [-0.3, -0.25) is 4.79 Å². The van der Waals surface area contributed by atoms with E-state index >= 15 is 0 Å². The van der Waals surface area contributed by atoms with Gasteiger partial charge in [-0.05, 0) is 18.2 Å². The third kappa shape index (κ3) is 2.80. The molecule has 1 N–H and O–H groups in total. The highest BCUT2D eigenvalue weighted by Gasteiger charge is 2.09. The fourth-order valence-electron chi connectivity index (χ4n) is 2.13. The van der Waals surface area contributed by atoms with Crippen molar-refractivity contribution in [2.24, 2.45) is 0 Å². The highest BCUT2D eigenvalue weighted by molar-refractivity contribution is 7.99. The van der Waals surface area contributed by atoms with Crippen LogP contribution in [0.5, 0.6) is 0 Å². The molecule has 106 valence electrons. The molecule has 0 fully saturated rings. The maximum Gasteiger partial charge on any atom is 0.288 e. The first kappa shape index (κ1) is 13.8. The third-order valence-electron chi connectivity index (χ3n) is 3.05. The number of nitrogens with zero attached hydrogens (tertiary/aromatic N) is 1. The van der Waals surface area contributed by atoms with E-state index in [0.717, 1.165) is 10.9 Å². The molecule has 0 aliphatic rings. The zero-order valence-electron chi connectivity index (χ0n) is 10.7. The van der Waals surface area contributed by atoms with Crippen molar-refractivity contribution in [2.75, 3.05) is 0 Å². The Hall–Kier alpha value is -2.21. The van der Waals surface area contributed by atoms with Crippen molar-refractivity contribution in [3.05, 3.63) is 58.9 Å². The topological polar surface area (TPSA) is 45.8 Å². The summed E-state index contributed by atoms with van der Waals surface area (Å²) in [4.78, 5) is 12.2. The lowest BCUT2D eigenvalue weighted by molar-refractivity contribution is 0.252. The van der Waals surface area contributed by atoms with Gasteiger partial charge in [-0.15, -0.1) is 0 Å². The van der Waals surface area contributed by atoms with Crippen molar-refractivity contribution in [1.29, 1.82) is 0 Å². The van der Waals surface area contributed by atoms with Crippen LogP contribution in [0.2, 0.25) is 0 Å². The summed E-state index contributed by atoms with van der Waals surface area (Å²) in [5, 5.41) is 7.81. The summed E-state index contributed by atoms with van der Waals surface area (Å²) in [6.07, 6.45) is 0. The van der Waals surface area contributed by atoms with E-state index in [1.807, 2.05) is 12.1 Å². The van der Waals surface area contributed by atoms with Gasteiger partial charge in [-0.1, -0.05) is 42.1 Å². The van der Waals surface area contributed by atoms with Crippen molar-refractivity contribution in [2.45, 2.75) is 10.7 Å². The lowest BCUT2D eigenvalue weighted by Gasteiger charge is -2.06. The Morgan fingerprint density at radius 3 is 2.33 bits per heavy atom. The average Bonchev–Trinajstić information content (AvgIpc) is 2.48. The van der Waals surface area contributed by atoms with Crippen molar-refractivity contribution in [3.8, 4) is 11.3 Å². The first-order chi connectivity index (χ1) is 10.1.